The summed E-state index contributed by atoms with van der Waals surface area (Å²) in [5, 5.41) is 0. The summed E-state index contributed by atoms with van der Waals surface area (Å²) in [7, 11) is 0. The van der Waals surface area contributed by atoms with Gasteiger partial charge in [-0.1, -0.05) is 0 Å². The molecule has 2 aliphatic rings. The summed E-state index contributed by atoms with van der Waals surface area (Å²) in [4.78, 5) is 0. The van der Waals surface area contributed by atoms with Gasteiger partial charge in [-0.3, -0.25) is 0 Å². The van der Waals surface area contributed by atoms with Gasteiger partial charge in [0.05, 0.1) is 0 Å². The van der Waals surface area contributed by atoms with Gasteiger partial charge in [0.2, 0.25) is 0 Å². The molecule has 29 heavy (non-hydrogen) atoms. The fourth-order valence-corrected chi connectivity index (χ4v) is 15.6. The van der Waals surface area contributed by atoms with Crippen molar-refractivity contribution in [3.05, 3.63) is 119 Å². The molecule has 6 rings (SSSR count). The van der Waals surface area contributed by atoms with Crippen molar-refractivity contribution in [1.82, 2.24) is 0 Å². The van der Waals surface area contributed by atoms with E-state index >= 15 is 0 Å². The Balaban J connectivity index is 1.61. The molecule has 0 radical (unpaired) electrons. The van der Waals surface area contributed by atoms with Gasteiger partial charge in [-0.05, 0) is 0 Å². The molecule has 4 aromatic carbocycles. The monoisotopic (exact) mass is 434 g/mol. The molecule has 0 heterocycles. The molecule has 1 heteroatoms. The fraction of sp³-hybridized carbons (Fsp3) is 0.143. The summed E-state index contributed by atoms with van der Waals surface area (Å²) in [5.41, 5.74) is 12.0. The molecule has 0 saturated carbocycles. The third-order valence-corrected chi connectivity index (χ3v) is 16.0. The van der Waals surface area contributed by atoms with Gasteiger partial charge in [0.25, 0.3) is 0 Å². The molecule has 0 fully saturated rings. The zero-order valence-electron chi connectivity index (χ0n) is 16.9. The molecule has 0 aliphatic heterocycles. The predicted molar refractivity (Wildman–Crippen MR) is 125 cm³/mol. The van der Waals surface area contributed by atoms with Crippen LogP contribution in [0.1, 0.15) is 31.8 Å². The zero-order chi connectivity index (χ0) is 19.6. The van der Waals surface area contributed by atoms with Crippen molar-refractivity contribution >= 4 is 13.3 Å². The van der Waals surface area contributed by atoms with Gasteiger partial charge in [-0.25, -0.2) is 0 Å². The van der Waals surface area contributed by atoms with E-state index in [2.05, 4.69) is 109 Å². The maximum absolute atomic E-state index is 2.66. The third-order valence-electron chi connectivity index (χ3n) is 7.16. The average Bonchev–Trinajstić information content (AvgIpc) is 3.28. The summed E-state index contributed by atoms with van der Waals surface area (Å²) in [6.07, 6.45) is 0. The van der Waals surface area contributed by atoms with Gasteiger partial charge in [0.15, 0.2) is 0 Å². The van der Waals surface area contributed by atoms with Crippen molar-refractivity contribution in [2.24, 2.45) is 0 Å². The number of hydrogen-bond acceptors (Lipinski definition) is 0. The van der Waals surface area contributed by atoms with Crippen molar-refractivity contribution < 1.29 is 0 Å². The second-order valence-corrected chi connectivity index (χ2v) is 19.1. The average molecular weight is 433 g/mol. The van der Waals surface area contributed by atoms with Gasteiger partial charge in [0.1, 0.15) is 0 Å². The fourth-order valence-electron chi connectivity index (χ4n) is 6.08. The van der Waals surface area contributed by atoms with E-state index < -0.39 is 13.3 Å². The minimum atomic E-state index is -2.50. The van der Waals surface area contributed by atoms with Crippen LogP contribution in [0.5, 0.6) is 0 Å². The van der Waals surface area contributed by atoms with Crippen LogP contribution in [0.3, 0.4) is 0 Å². The first-order valence-corrected chi connectivity index (χ1v) is 17.2. The van der Waals surface area contributed by atoms with E-state index in [1.54, 1.807) is 22.3 Å². The first-order valence-electron chi connectivity index (χ1n) is 10.5. The van der Waals surface area contributed by atoms with Crippen molar-refractivity contribution in [1.29, 1.82) is 0 Å². The van der Waals surface area contributed by atoms with E-state index in [0.717, 1.165) is 0 Å². The van der Waals surface area contributed by atoms with E-state index in [-0.39, 0.29) is 0 Å². The Bertz CT molecular complexity index is 1060. The first-order chi connectivity index (χ1) is 14.2. The van der Waals surface area contributed by atoms with Crippen LogP contribution in [0, 0.1) is 0 Å². The van der Waals surface area contributed by atoms with E-state index in [9.17, 15) is 0 Å². The van der Waals surface area contributed by atoms with E-state index in [4.69, 9.17) is 0 Å². The Hall–Kier alpha value is -2.58. The van der Waals surface area contributed by atoms with E-state index in [0.29, 0.717) is 9.50 Å². The van der Waals surface area contributed by atoms with Gasteiger partial charge >= 0.3 is 176 Å². The summed E-state index contributed by atoms with van der Waals surface area (Å²) < 4.78 is 1.12. The van der Waals surface area contributed by atoms with Gasteiger partial charge in [0, 0.05) is 0 Å². The number of fused-ring (bicyclic) bond motifs is 6. The number of benzene rings is 4. The molecule has 0 amide bonds. The molecule has 0 N–H and O–H groups in total. The molecule has 0 unspecified atom stereocenters. The molecule has 0 bridgehead atoms. The summed E-state index contributed by atoms with van der Waals surface area (Å²) in [6, 6.07) is 36.5. The summed E-state index contributed by atoms with van der Waals surface area (Å²) >= 11 is -2.50. The number of rotatable bonds is 2. The topological polar surface area (TPSA) is 0 Å². The first kappa shape index (κ1) is 17.3. The Labute approximate surface area is 175 Å². The second kappa shape index (κ2) is 6.21. The molecule has 140 valence electrons. The quantitative estimate of drug-likeness (QED) is 0.289. The molecular formula is C28H24Ge. The molecule has 0 aromatic heterocycles. The second-order valence-electron chi connectivity index (χ2n) is 9.04. The van der Waals surface area contributed by atoms with Gasteiger partial charge < -0.3 is 0 Å². The standard InChI is InChI=1S/C28H24Ge/c1-29(2,27-23-15-7-3-11-19(23)20-12-4-8-16-24(20)27)28-25-17-9-5-13-21(25)22-14-6-10-18-26(22)28/h3-18,27-28H,1-2H3. The van der Waals surface area contributed by atoms with Crippen LogP contribution in [0.4, 0.5) is 0 Å². The molecule has 0 nitrogen and oxygen atoms in total. The summed E-state index contributed by atoms with van der Waals surface area (Å²) in [6.45, 7) is 0. The van der Waals surface area contributed by atoms with Gasteiger partial charge in [-0.15, -0.1) is 0 Å². The van der Waals surface area contributed by atoms with Gasteiger partial charge in [-0.2, -0.15) is 0 Å². The Morgan fingerprint density at radius 3 is 0.931 bits per heavy atom. The zero-order valence-corrected chi connectivity index (χ0v) is 19.0. The molecule has 2 aliphatic carbocycles. The SMILES string of the molecule is [CH3][Ge]([CH3])([CH]1c2ccccc2-c2ccccc21)[CH]1c2ccccc2-c2ccccc21. The van der Waals surface area contributed by atoms with Crippen LogP contribution in [0.15, 0.2) is 97.1 Å². The van der Waals surface area contributed by atoms with Crippen LogP contribution >= 0.6 is 0 Å². The maximum atomic E-state index is 2.66. The van der Waals surface area contributed by atoms with E-state index in [1.807, 2.05) is 0 Å². The number of hydrogen-bond donors (Lipinski definition) is 0. The van der Waals surface area contributed by atoms with Crippen molar-refractivity contribution in [2.75, 3.05) is 0 Å². The molecule has 4 aromatic rings. The minimum absolute atomic E-state index is 0.562. The van der Waals surface area contributed by atoms with Crippen LogP contribution in [-0.2, 0) is 0 Å². The van der Waals surface area contributed by atoms with E-state index in [1.165, 1.54) is 22.3 Å². The normalized spacial score (nSPS) is 15.0. The van der Waals surface area contributed by atoms with Crippen molar-refractivity contribution in [3.63, 3.8) is 0 Å². The van der Waals surface area contributed by atoms with Crippen LogP contribution in [0.25, 0.3) is 22.3 Å². The van der Waals surface area contributed by atoms with Crippen LogP contribution < -0.4 is 0 Å². The summed E-state index contributed by atoms with van der Waals surface area (Å²) in [5.74, 6) is 5.32. The molecule has 0 saturated heterocycles. The Morgan fingerprint density at radius 1 is 0.414 bits per heavy atom. The third kappa shape index (κ3) is 2.33. The molecule has 0 atom stereocenters. The molecule has 0 spiro atoms. The van der Waals surface area contributed by atoms with Crippen LogP contribution in [-0.4, -0.2) is 13.3 Å². The Morgan fingerprint density at radius 2 is 0.655 bits per heavy atom. The van der Waals surface area contributed by atoms with Crippen LogP contribution in [0.2, 0.25) is 11.5 Å². The van der Waals surface area contributed by atoms with Crippen molar-refractivity contribution in [2.45, 2.75) is 21.0 Å². The Kier molecular flexibility index (Phi) is 3.70. The van der Waals surface area contributed by atoms with Crippen molar-refractivity contribution in [3.8, 4) is 22.3 Å². The predicted octanol–water partition coefficient (Wildman–Crippen LogP) is 7.40. The molecular weight excluding hydrogens is 409 g/mol.